The van der Waals surface area contributed by atoms with E-state index in [1.165, 1.54) is 0 Å². The van der Waals surface area contributed by atoms with Gasteiger partial charge in [0.2, 0.25) is 0 Å². The minimum absolute atomic E-state index is 0.480. The SMILES string of the molecule is Cc1cncc(CN2CCNCC2C(=O)O)n1. The Morgan fingerprint density at radius 2 is 2.47 bits per heavy atom. The van der Waals surface area contributed by atoms with Crippen LogP contribution in [0.4, 0.5) is 0 Å². The molecular weight excluding hydrogens is 220 g/mol. The van der Waals surface area contributed by atoms with Crippen molar-refractivity contribution in [2.75, 3.05) is 19.6 Å². The number of nitrogens with one attached hydrogen (secondary N) is 1. The number of aliphatic carboxylic acids is 1. The van der Waals surface area contributed by atoms with Gasteiger partial charge in [-0.2, -0.15) is 0 Å². The van der Waals surface area contributed by atoms with E-state index in [1.807, 2.05) is 11.8 Å². The zero-order valence-corrected chi connectivity index (χ0v) is 9.76. The number of carboxylic acids is 1. The quantitative estimate of drug-likeness (QED) is 0.746. The van der Waals surface area contributed by atoms with Crippen LogP contribution in [0.1, 0.15) is 11.4 Å². The monoisotopic (exact) mass is 236 g/mol. The first-order chi connectivity index (χ1) is 8.16. The number of aryl methyl sites for hydroxylation is 1. The van der Waals surface area contributed by atoms with Crippen LogP contribution in [0.3, 0.4) is 0 Å². The molecular formula is C11H16N4O2. The van der Waals surface area contributed by atoms with Gasteiger partial charge in [0.05, 0.1) is 11.4 Å². The molecule has 2 rings (SSSR count). The van der Waals surface area contributed by atoms with Crippen molar-refractivity contribution >= 4 is 5.97 Å². The zero-order valence-electron chi connectivity index (χ0n) is 9.76. The van der Waals surface area contributed by atoms with E-state index in [4.69, 9.17) is 5.11 Å². The maximum Gasteiger partial charge on any atom is 0.322 e. The summed E-state index contributed by atoms with van der Waals surface area (Å²) in [4.78, 5) is 21.4. The van der Waals surface area contributed by atoms with Gasteiger partial charge in [0.1, 0.15) is 6.04 Å². The number of hydrogen-bond acceptors (Lipinski definition) is 5. The molecule has 0 aromatic carbocycles. The summed E-state index contributed by atoms with van der Waals surface area (Å²) in [6, 6.07) is -0.480. The Labute approximate surface area is 99.7 Å². The molecule has 0 aliphatic carbocycles. The van der Waals surface area contributed by atoms with Crippen LogP contribution >= 0.6 is 0 Å². The van der Waals surface area contributed by atoms with Crippen molar-refractivity contribution in [3.63, 3.8) is 0 Å². The van der Waals surface area contributed by atoms with Crippen LogP contribution < -0.4 is 5.32 Å². The highest BCUT2D eigenvalue weighted by molar-refractivity contribution is 5.73. The molecule has 0 amide bonds. The van der Waals surface area contributed by atoms with E-state index >= 15 is 0 Å². The summed E-state index contributed by atoms with van der Waals surface area (Å²) in [5, 5.41) is 12.2. The lowest BCUT2D eigenvalue weighted by Crippen LogP contribution is -2.54. The Morgan fingerprint density at radius 3 is 3.18 bits per heavy atom. The molecule has 1 aromatic heterocycles. The average Bonchev–Trinajstić information content (AvgIpc) is 2.29. The van der Waals surface area contributed by atoms with E-state index in [1.54, 1.807) is 12.4 Å². The summed E-state index contributed by atoms with van der Waals surface area (Å²) in [6.45, 7) is 4.42. The molecule has 1 aliphatic heterocycles. The predicted octanol–water partition coefficient (Wildman–Crippen LogP) is -0.357. The lowest BCUT2D eigenvalue weighted by atomic mass is 10.2. The molecule has 92 valence electrons. The Morgan fingerprint density at radius 1 is 1.65 bits per heavy atom. The van der Waals surface area contributed by atoms with Crippen LogP contribution in [-0.2, 0) is 11.3 Å². The molecule has 1 saturated heterocycles. The normalized spacial score (nSPS) is 21.4. The van der Waals surface area contributed by atoms with Gasteiger partial charge in [0, 0.05) is 38.6 Å². The number of rotatable bonds is 3. The topological polar surface area (TPSA) is 78.4 Å². The number of aromatic nitrogens is 2. The molecule has 1 fully saturated rings. The van der Waals surface area contributed by atoms with Gasteiger partial charge in [-0.1, -0.05) is 0 Å². The minimum atomic E-state index is -0.794. The molecule has 17 heavy (non-hydrogen) atoms. The molecule has 0 saturated carbocycles. The van der Waals surface area contributed by atoms with Crippen molar-refractivity contribution in [2.45, 2.75) is 19.5 Å². The van der Waals surface area contributed by atoms with E-state index in [0.717, 1.165) is 17.9 Å². The molecule has 6 nitrogen and oxygen atoms in total. The van der Waals surface area contributed by atoms with Gasteiger partial charge in [0.15, 0.2) is 0 Å². The summed E-state index contributed by atoms with van der Waals surface area (Å²) in [7, 11) is 0. The third kappa shape index (κ3) is 2.98. The summed E-state index contributed by atoms with van der Waals surface area (Å²) in [5.41, 5.74) is 1.67. The molecule has 0 spiro atoms. The van der Waals surface area contributed by atoms with Gasteiger partial charge < -0.3 is 10.4 Å². The maximum absolute atomic E-state index is 11.1. The van der Waals surface area contributed by atoms with E-state index in [2.05, 4.69) is 15.3 Å². The van der Waals surface area contributed by atoms with Crippen molar-refractivity contribution in [3.8, 4) is 0 Å². The van der Waals surface area contributed by atoms with Gasteiger partial charge in [-0.15, -0.1) is 0 Å². The fourth-order valence-corrected chi connectivity index (χ4v) is 1.98. The Balaban J connectivity index is 2.08. The molecule has 0 radical (unpaired) electrons. The predicted molar refractivity (Wildman–Crippen MR) is 61.5 cm³/mol. The van der Waals surface area contributed by atoms with Crippen LogP contribution in [0, 0.1) is 6.92 Å². The molecule has 2 N–H and O–H groups in total. The fourth-order valence-electron chi connectivity index (χ4n) is 1.98. The van der Waals surface area contributed by atoms with Crippen LogP contribution in [0.15, 0.2) is 12.4 Å². The molecule has 0 bridgehead atoms. The summed E-state index contributed by atoms with van der Waals surface area (Å²) < 4.78 is 0. The minimum Gasteiger partial charge on any atom is -0.480 e. The summed E-state index contributed by atoms with van der Waals surface area (Å²) in [5.74, 6) is -0.794. The zero-order chi connectivity index (χ0) is 12.3. The molecule has 1 aromatic rings. The first-order valence-corrected chi connectivity index (χ1v) is 5.62. The van der Waals surface area contributed by atoms with E-state index in [9.17, 15) is 4.79 Å². The van der Waals surface area contributed by atoms with E-state index in [0.29, 0.717) is 19.6 Å². The molecule has 2 heterocycles. The average molecular weight is 236 g/mol. The standard InChI is InChI=1S/C11H16N4O2/c1-8-4-13-5-9(14-8)7-15-3-2-12-6-10(15)11(16)17/h4-5,10,12H,2-3,6-7H2,1H3,(H,16,17). The number of nitrogens with zero attached hydrogens (tertiary/aromatic N) is 3. The van der Waals surface area contributed by atoms with Crippen molar-refractivity contribution in [1.82, 2.24) is 20.2 Å². The van der Waals surface area contributed by atoms with Crippen molar-refractivity contribution in [3.05, 3.63) is 23.8 Å². The lowest BCUT2D eigenvalue weighted by Gasteiger charge is -2.32. The summed E-state index contributed by atoms with van der Waals surface area (Å²) >= 11 is 0. The second kappa shape index (κ2) is 5.20. The number of carbonyl (C=O) groups is 1. The maximum atomic E-state index is 11.1. The second-order valence-corrected chi connectivity index (χ2v) is 4.18. The van der Waals surface area contributed by atoms with Gasteiger partial charge >= 0.3 is 5.97 Å². The third-order valence-corrected chi connectivity index (χ3v) is 2.81. The van der Waals surface area contributed by atoms with Crippen molar-refractivity contribution < 1.29 is 9.90 Å². The van der Waals surface area contributed by atoms with Crippen LogP contribution in [0.2, 0.25) is 0 Å². The third-order valence-electron chi connectivity index (χ3n) is 2.81. The van der Waals surface area contributed by atoms with Crippen LogP contribution in [0.25, 0.3) is 0 Å². The largest absolute Gasteiger partial charge is 0.480 e. The number of hydrogen-bond donors (Lipinski definition) is 2. The lowest BCUT2D eigenvalue weighted by molar-refractivity contribution is -0.144. The Kier molecular flexibility index (Phi) is 3.65. The molecule has 6 heteroatoms. The number of carboxylic acid groups (broad SMARTS) is 1. The number of piperazine rings is 1. The van der Waals surface area contributed by atoms with Crippen LogP contribution in [0.5, 0.6) is 0 Å². The highest BCUT2D eigenvalue weighted by atomic mass is 16.4. The molecule has 1 unspecified atom stereocenters. The van der Waals surface area contributed by atoms with Crippen LogP contribution in [-0.4, -0.2) is 51.6 Å². The van der Waals surface area contributed by atoms with Gasteiger partial charge in [-0.3, -0.25) is 19.7 Å². The highest BCUT2D eigenvalue weighted by Crippen LogP contribution is 2.08. The highest BCUT2D eigenvalue weighted by Gasteiger charge is 2.28. The van der Waals surface area contributed by atoms with Crippen molar-refractivity contribution in [1.29, 1.82) is 0 Å². The molecule has 1 aliphatic rings. The Hall–Kier alpha value is -1.53. The van der Waals surface area contributed by atoms with Gasteiger partial charge in [-0.05, 0) is 6.92 Å². The van der Waals surface area contributed by atoms with Gasteiger partial charge in [0.25, 0.3) is 0 Å². The van der Waals surface area contributed by atoms with Gasteiger partial charge in [-0.25, -0.2) is 0 Å². The summed E-state index contributed by atoms with van der Waals surface area (Å²) in [6.07, 6.45) is 3.38. The first kappa shape index (κ1) is 11.9. The fraction of sp³-hybridized carbons (Fsp3) is 0.545. The van der Waals surface area contributed by atoms with Crippen molar-refractivity contribution in [2.24, 2.45) is 0 Å². The first-order valence-electron chi connectivity index (χ1n) is 5.62. The Bertz CT molecular complexity index is 410. The van der Waals surface area contributed by atoms with E-state index in [-0.39, 0.29) is 0 Å². The second-order valence-electron chi connectivity index (χ2n) is 4.18. The smallest absolute Gasteiger partial charge is 0.322 e. The molecule has 1 atom stereocenters. The van der Waals surface area contributed by atoms with E-state index < -0.39 is 12.0 Å².